The zero-order valence-corrected chi connectivity index (χ0v) is 11.0. The first-order chi connectivity index (χ1) is 8.21. The standard InChI is InChI=1S/C12H23NO4/c1-4-17-11(14)9-13-7-5-10(6-8-13)12(15-2)16-3/h10,12H,4-9H2,1-3H3. The maximum absolute atomic E-state index is 11.3. The molecule has 5 heteroatoms. The van der Waals surface area contributed by atoms with E-state index in [1.807, 2.05) is 6.92 Å². The molecule has 0 spiro atoms. The van der Waals surface area contributed by atoms with E-state index in [1.54, 1.807) is 14.2 Å². The second kappa shape index (κ2) is 7.63. The Morgan fingerprint density at radius 1 is 1.29 bits per heavy atom. The van der Waals surface area contributed by atoms with Crippen molar-refractivity contribution in [1.82, 2.24) is 4.90 Å². The summed E-state index contributed by atoms with van der Waals surface area (Å²) < 4.78 is 15.5. The van der Waals surface area contributed by atoms with E-state index in [0.717, 1.165) is 25.9 Å². The molecule has 1 aliphatic rings. The largest absolute Gasteiger partial charge is 0.465 e. The fraction of sp³-hybridized carbons (Fsp3) is 0.917. The lowest BCUT2D eigenvalue weighted by Crippen LogP contribution is -2.41. The summed E-state index contributed by atoms with van der Waals surface area (Å²) in [6.45, 7) is 4.46. The van der Waals surface area contributed by atoms with Crippen LogP contribution in [0.3, 0.4) is 0 Å². The van der Waals surface area contributed by atoms with Crippen LogP contribution in [-0.2, 0) is 19.0 Å². The molecule has 1 heterocycles. The molecule has 17 heavy (non-hydrogen) atoms. The number of rotatable bonds is 6. The molecule has 1 saturated heterocycles. The number of nitrogens with zero attached hydrogens (tertiary/aromatic N) is 1. The number of carbonyl (C=O) groups excluding carboxylic acids is 1. The average Bonchev–Trinajstić information content (AvgIpc) is 2.33. The van der Waals surface area contributed by atoms with E-state index in [9.17, 15) is 4.79 Å². The highest BCUT2D eigenvalue weighted by molar-refractivity contribution is 5.71. The van der Waals surface area contributed by atoms with E-state index < -0.39 is 0 Å². The smallest absolute Gasteiger partial charge is 0.320 e. The fourth-order valence-electron chi connectivity index (χ4n) is 2.25. The third-order valence-corrected chi connectivity index (χ3v) is 3.14. The second-order valence-electron chi connectivity index (χ2n) is 4.26. The highest BCUT2D eigenvalue weighted by atomic mass is 16.7. The highest BCUT2D eigenvalue weighted by Gasteiger charge is 2.27. The van der Waals surface area contributed by atoms with Crippen LogP contribution in [0.25, 0.3) is 0 Å². The molecule has 0 aliphatic carbocycles. The summed E-state index contributed by atoms with van der Waals surface area (Å²) in [5.41, 5.74) is 0. The van der Waals surface area contributed by atoms with Crippen LogP contribution >= 0.6 is 0 Å². The van der Waals surface area contributed by atoms with Crippen LogP contribution in [0.2, 0.25) is 0 Å². The van der Waals surface area contributed by atoms with E-state index in [4.69, 9.17) is 14.2 Å². The van der Waals surface area contributed by atoms with E-state index in [1.165, 1.54) is 0 Å². The second-order valence-corrected chi connectivity index (χ2v) is 4.26. The Bertz CT molecular complexity index is 223. The van der Waals surface area contributed by atoms with E-state index in [0.29, 0.717) is 19.1 Å². The molecule has 0 radical (unpaired) electrons. The van der Waals surface area contributed by atoms with Crippen LogP contribution < -0.4 is 0 Å². The molecule has 5 nitrogen and oxygen atoms in total. The number of piperidine rings is 1. The van der Waals surface area contributed by atoms with Gasteiger partial charge in [0.25, 0.3) is 0 Å². The molecule has 0 aromatic carbocycles. The number of likely N-dealkylation sites (tertiary alicyclic amines) is 1. The SMILES string of the molecule is CCOC(=O)CN1CCC(C(OC)OC)CC1. The summed E-state index contributed by atoms with van der Waals surface area (Å²) in [6.07, 6.45) is 1.86. The van der Waals surface area contributed by atoms with Gasteiger partial charge in [0.15, 0.2) is 6.29 Å². The van der Waals surface area contributed by atoms with Crippen molar-refractivity contribution in [2.75, 3.05) is 40.5 Å². The van der Waals surface area contributed by atoms with Crippen molar-refractivity contribution >= 4 is 5.97 Å². The normalized spacial score (nSPS) is 18.6. The van der Waals surface area contributed by atoms with Gasteiger partial charge in [-0.1, -0.05) is 0 Å². The number of hydrogen-bond donors (Lipinski definition) is 0. The Morgan fingerprint density at radius 2 is 1.88 bits per heavy atom. The van der Waals surface area contributed by atoms with Gasteiger partial charge in [-0.2, -0.15) is 0 Å². The minimum atomic E-state index is -0.138. The van der Waals surface area contributed by atoms with Gasteiger partial charge in [0.1, 0.15) is 0 Å². The lowest BCUT2D eigenvalue weighted by atomic mass is 9.96. The minimum absolute atomic E-state index is 0.125. The quantitative estimate of drug-likeness (QED) is 0.513. The molecular weight excluding hydrogens is 222 g/mol. The average molecular weight is 245 g/mol. The van der Waals surface area contributed by atoms with Gasteiger partial charge in [0.05, 0.1) is 13.2 Å². The molecule has 1 aliphatic heterocycles. The maximum atomic E-state index is 11.3. The highest BCUT2D eigenvalue weighted by Crippen LogP contribution is 2.22. The van der Waals surface area contributed by atoms with Crippen molar-refractivity contribution < 1.29 is 19.0 Å². The van der Waals surface area contributed by atoms with Crippen molar-refractivity contribution in [1.29, 1.82) is 0 Å². The van der Waals surface area contributed by atoms with Crippen LogP contribution in [-0.4, -0.2) is 57.6 Å². The van der Waals surface area contributed by atoms with Crippen molar-refractivity contribution in [2.24, 2.45) is 5.92 Å². The monoisotopic (exact) mass is 245 g/mol. The van der Waals surface area contributed by atoms with Crippen LogP contribution in [0, 0.1) is 5.92 Å². The van der Waals surface area contributed by atoms with Crippen LogP contribution in [0.4, 0.5) is 0 Å². The zero-order chi connectivity index (χ0) is 12.7. The molecule has 0 aromatic rings. The van der Waals surface area contributed by atoms with Gasteiger partial charge in [0.2, 0.25) is 0 Å². The molecule has 1 rings (SSSR count). The van der Waals surface area contributed by atoms with Gasteiger partial charge in [0, 0.05) is 20.1 Å². The zero-order valence-electron chi connectivity index (χ0n) is 11.0. The Labute approximate surface area is 103 Å². The summed E-state index contributed by atoms with van der Waals surface area (Å²) in [6, 6.07) is 0. The Balaban J connectivity index is 2.28. The molecule has 1 fully saturated rings. The molecule has 0 aromatic heterocycles. The number of hydrogen-bond acceptors (Lipinski definition) is 5. The molecule has 0 amide bonds. The van der Waals surface area contributed by atoms with Gasteiger partial charge >= 0.3 is 5.97 Å². The molecule has 100 valence electrons. The molecule has 0 bridgehead atoms. The first kappa shape index (κ1) is 14.4. The van der Waals surface area contributed by atoms with Crippen LogP contribution in [0.1, 0.15) is 19.8 Å². The Morgan fingerprint density at radius 3 is 2.35 bits per heavy atom. The lowest BCUT2D eigenvalue weighted by Gasteiger charge is -2.34. The van der Waals surface area contributed by atoms with Gasteiger partial charge in [-0.3, -0.25) is 9.69 Å². The molecular formula is C12H23NO4. The third-order valence-electron chi connectivity index (χ3n) is 3.14. The predicted molar refractivity (Wildman–Crippen MR) is 63.6 cm³/mol. The summed E-state index contributed by atoms with van der Waals surface area (Å²) in [5.74, 6) is 0.282. The maximum Gasteiger partial charge on any atom is 0.320 e. The van der Waals surface area contributed by atoms with Gasteiger partial charge in [-0.05, 0) is 32.9 Å². The Hall–Kier alpha value is -0.650. The topological polar surface area (TPSA) is 48.0 Å². The van der Waals surface area contributed by atoms with Crippen molar-refractivity contribution in [2.45, 2.75) is 26.1 Å². The number of esters is 1. The number of carbonyl (C=O) groups is 1. The number of ether oxygens (including phenoxy) is 3. The van der Waals surface area contributed by atoms with Gasteiger partial charge < -0.3 is 14.2 Å². The molecule has 0 N–H and O–H groups in total. The summed E-state index contributed by atoms with van der Waals surface area (Å²) >= 11 is 0. The van der Waals surface area contributed by atoms with Gasteiger partial charge in [-0.15, -0.1) is 0 Å². The van der Waals surface area contributed by atoms with E-state index in [-0.39, 0.29) is 12.3 Å². The lowest BCUT2D eigenvalue weighted by molar-refractivity contribution is -0.151. The Kier molecular flexibility index (Phi) is 6.47. The summed E-state index contributed by atoms with van der Waals surface area (Å²) in [7, 11) is 3.33. The molecule has 0 unspecified atom stereocenters. The number of methoxy groups -OCH3 is 2. The molecule has 0 saturated carbocycles. The first-order valence-electron chi connectivity index (χ1n) is 6.14. The van der Waals surface area contributed by atoms with Crippen LogP contribution in [0.15, 0.2) is 0 Å². The third kappa shape index (κ3) is 4.61. The summed E-state index contributed by atoms with van der Waals surface area (Å²) in [5, 5.41) is 0. The van der Waals surface area contributed by atoms with Crippen LogP contribution in [0.5, 0.6) is 0 Å². The van der Waals surface area contributed by atoms with E-state index in [2.05, 4.69) is 4.90 Å². The first-order valence-corrected chi connectivity index (χ1v) is 6.14. The fourth-order valence-corrected chi connectivity index (χ4v) is 2.25. The van der Waals surface area contributed by atoms with Crippen molar-refractivity contribution in [3.05, 3.63) is 0 Å². The van der Waals surface area contributed by atoms with Gasteiger partial charge in [-0.25, -0.2) is 0 Å². The van der Waals surface area contributed by atoms with Crippen molar-refractivity contribution in [3.63, 3.8) is 0 Å². The summed E-state index contributed by atoms with van der Waals surface area (Å²) in [4.78, 5) is 13.4. The predicted octanol–water partition coefficient (Wildman–Crippen LogP) is 0.880. The molecule has 0 atom stereocenters. The van der Waals surface area contributed by atoms with Crippen molar-refractivity contribution in [3.8, 4) is 0 Å². The van der Waals surface area contributed by atoms with E-state index >= 15 is 0 Å². The minimum Gasteiger partial charge on any atom is -0.465 e.